The number of rotatable bonds is 4. The Bertz CT molecular complexity index is 1040. The van der Waals surface area contributed by atoms with Gasteiger partial charge >= 0.3 is 0 Å². The molecule has 0 spiro atoms. The minimum absolute atomic E-state index is 0.0502. The van der Waals surface area contributed by atoms with E-state index < -0.39 is 0 Å². The van der Waals surface area contributed by atoms with Crippen molar-refractivity contribution in [2.75, 3.05) is 33.4 Å². The van der Waals surface area contributed by atoms with E-state index in [1.807, 2.05) is 48.5 Å². The summed E-state index contributed by atoms with van der Waals surface area (Å²) in [6.07, 6.45) is 1.57. The molecule has 0 unspecified atom stereocenters. The van der Waals surface area contributed by atoms with Crippen LogP contribution in [0.4, 0.5) is 0 Å². The van der Waals surface area contributed by atoms with Gasteiger partial charge in [0.2, 0.25) is 0 Å². The summed E-state index contributed by atoms with van der Waals surface area (Å²) in [5.74, 6) is -0.0502. The van der Waals surface area contributed by atoms with Crippen LogP contribution in [0.2, 0.25) is 0 Å². The molecule has 1 aliphatic heterocycles. The summed E-state index contributed by atoms with van der Waals surface area (Å²) in [5.41, 5.74) is 2.52. The number of aromatic nitrogens is 1. The van der Waals surface area contributed by atoms with Crippen molar-refractivity contribution in [3.05, 3.63) is 70.6 Å². The Morgan fingerprint density at radius 2 is 1.89 bits per heavy atom. The molecule has 6 heteroatoms. The summed E-state index contributed by atoms with van der Waals surface area (Å²) in [6.45, 7) is 2.19. The second kappa shape index (κ2) is 7.96. The van der Waals surface area contributed by atoms with Crippen molar-refractivity contribution >= 4 is 16.7 Å². The SMILES string of the molecule is CN(C[C@H]1COCCO1)C(=O)c1ccc(-c2ccc3c(=O)[nH]ccc3c2)cc1. The molecular weight excluding hydrogens is 356 g/mol. The van der Waals surface area contributed by atoms with Crippen molar-refractivity contribution in [1.29, 1.82) is 0 Å². The molecule has 6 nitrogen and oxygen atoms in total. The summed E-state index contributed by atoms with van der Waals surface area (Å²) in [4.78, 5) is 28.9. The Labute approximate surface area is 162 Å². The van der Waals surface area contributed by atoms with Gasteiger partial charge in [-0.3, -0.25) is 9.59 Å². The molecule has 1 fully saturated rings. The molecule has 2 heterocycles. The van der Waals surface area contributed by atoms with Crippen LogP contribution in [0.15, 0.2) is 59.5 Å². The van der Waals surface area contributed by atoms with Crippen LogP contribution in [0.25, 0.3) is 21.9 Å². The number of carbonyl (C=O) groups is 1. The minimum Gasteiger partial charge on any atom is -0.376 e. The van der Waals surface area contributed by atoms with Crippen molar-refractivity contribution in [3.8, 4) is 11.1 Å². The van der Waals surface area contributed by atoms with E-state index in [-0.39, 0.29) is 17.6 Å². The van der Waals surface area contributed by atoms with Crippen molar-refractivity contribution in [2.45, 2.75) is 6.10 Å². The van der Waals surface area contributed by atoms with E-state index in [2.05, 4.69) is 4.98 Å². The fraction of sp³-hybridized carbons (Fsp3) is 0.273. The molecule has 1 amide bonds. The maximum absolute atomic E-state index is 12.7. The average Bonchev–Trinajstić information content (AvgIpc) is 2.74. The third kappa shape index (κ3) is 3.83. The van der Waals surface area contributed by atoms with Crippen molar-refractivity contribution in [3.63, 3.8) is 0 Å². The van der Waals surface area contributed by atoms with E-state index >= 15 is 0 Å². The maximum Gasteiger partial charge on any atom is 0.255 e. The summed E-state index contributed by atoms with van der Waals surface area (Å²) in [6, 6.07) is 15.1. The first-order valence-corrected chi connectivity index (χ1v) is 9.28. The van der Waals surface area contributed by atoms with Gasteiger partial charge in [-0.25, -0.2) is 0 Å². The Kier molecular flexibility index (Phi) is 5.23. The Hall–Kier alpha value is -2.96. The molecule has 1 aliphatic rings. The van der Waals surface area contributed by atoms with Crippen LogP contribution < -0.4 is 5.56 Å². The first kappa shape index (κ1) is 18.4. The first-order valence-electron chi connectivity index (χ1n) is 9.28. The zero-order chi connectivity index (χ0) is 19.5. The molecule has 2 aromatic carbocycles. The van der Waals surface area contributed by atoms with Crippen molar-refractivity contribution in [1.82, 2.24) is 9.88 Å². The zero-order valence-corrected chi connectivity index (χ0v) is 15.7. The highest BCUT2D eigenvalue weighted by atomic mass is 16.6. The number of nitrogens with zero attached hydrogens (tertiary/aromatic N) is 1. The number of hydrogen-bond donors (Lipinski definition) is 1. The monoisotopic (exact) mass is 378 g/mol. The largest absolute Gasteiger partial charge is 0.376 e. The van der Waals surface area contributed by atoms with Gasteiger partial charge in [0, 0.05) is 30.7 Å². The van der Waals surface area contributed by atoms with E-state index in [0.29, 0.717) is 37.3 Å². The lowest BCUT2D eigenvalue weighted by Crippen LogP contribution is -2.40. The number of benzene rings is 2. The quantitative estimate of drug-likeness (QED) is 0.758. The summed E-state index contributed by atoms with van der Waals surface area (Å²) >= 11 is 0. The van der Waals surface area contributed by atoms with Crippen LogP contribution >= 0.6 is 0 Å². The average molecular weight is 378 g/mol. The fourth-order valence-corrected chi connectivity index (χ4v) is 3.43. The normalized spacial score (nSPS) is 16.8. The predicted octanol–water partition coefficient (Wildman–Crippen LogP) is 2.68. The van der Waals surface area contributed by atoms with Gasteiger partial charge in [-0.1, -0.05) is 18.2 Å². The number of amides is 1. The number of hydrogen-bond acceptors (Lipinski definition) is 4. The van der Waals surface area contributed by atoms with Gasteiger partial charge in [0.25, 0.3) is 11.5 Å². The lowest BCUT2D eigenvalue weighted by molar-refractivity contribution is -0.0933. The van der Waals surface area contributed by atoms with Gasteiger partial charge in [-0.2, -0.15) is 0 Å². The number of likely N-dealkylation sites (N-methyl/N-ethyl adjacent to an activating group) is 1. The van der Waals surface area contributed by atoms with Gasteiger partial charge in [-0.15, -0.1) is 0 Å². The highest BCUT2D eigenvalue weighted by Gasteiger charge is 2.20. The van der Waals surface area contributed by atoms with Gasteiger partial charge in [0.05, 0.1) is 25.9 Å². The van der Waals surface area contributed by atoms with E-state index in [0.717, 1.165) is 16.5 Å². The highest BCUT2D eigenvalue weighted by Crippen LogP contribution is 2.23. The van der Waals surface area contributed by atoms with Gasteiger partial charge in [-0.05, 0) is 46.8 Å². The van der Waals surface area contributed by atoms with E-state index in [4.69, 9.17) is 9.47 Å². The van der Waals surface area contributed by atoms with Gasteiger partial charge in [0.1, 0.15) is 0 Å². The second-order valence-corrected chi connectivity index (χ2v) is 6.94. The van der Waals surface area contributed by atoms with E-state index in [9.17, 15) is 9.59 Å². The Morgan fingerprint density at radius 1 is 1.11 bits per heavy atom. The molecule has 144 valence electrons. The summed E-state index contributed by atoms with van der Waals surface area (Å²) in [7, 11) is 1.77. The van der Waals surface area contributed by atoms with Gasteiger partial charge in [0.15, 0.2) is 0 Å². The molecule has 4 rings (SSSR count). The number of fused-ring (bicyclic) bond motifs is 1. The summed E-state index contributed by atoms with van der Waals surface area (Å²) in [5, 5.41) is 1.55. The van der Waals surface area contributed by atoms with Crippen LogP contribution in [-0.2, 0) is 9.47 Å². The third-order valence-corrected chi connectivity index (χ3v) is 4.95. The van der Waals surface area contributed by atoms with E-state index in [1.165, 1.54) is 0 Å². The first-order chi connectivity index (χ1) is 13.6. The molecule has 0 aliphatic carbocycles. The summed E-state index contributed by atoms with van der Waals surface area (Å²) < 4.78 is 11.0. The fourth-order valence-electron chi connectivity index (χ4n) is 3.43. The van der Waals surface area contributed by atoms with Crippen molar-refractivity contribution < 1.29 is 14.3 Å². The molecular formula is C22H22N2O4. The number of ether oxygens (including phenoxy) is 2. The Balaban J connectivity index is 1.50. The van der Waals surface area contributed by atoms with Gasteiger partial charge < -0.3 is 19.4 Å². The number of aromatic amines is 1. The molecule has 0 saturated carbocycles. The zero-order valence-electron chi connectivity index (χ0n) is 15.7. The lowest BCUT2D eigenvalue weighted by atomic mass is 10.0. The molecule has 0 radical (unpaired) electrons. The van der Waals surface area contributed by atoms with Crippen LogP contribution in [0.1, 0.15) is 10.4 Å². The molecule has 1 saturated heterocycles. The Morgan fingerprint density at radius 3 is 2.64 bits per heavy atom. The lowest BCUT2D eigenvalue weighted by Gasteiger charge is -2.27. The molecule has 28 heavy (non-hydrogen) atoms. The number of pyridine rings is 1. The molecule has 1 atom stereocenters. The molecule has 1 aromatic heterocycles. The number of H-pyrrole nitrogens is 1. The number of carbonyl (C=O) groups excluding carboxylic acids is 1. The molecule has 0 bridgehead atoms. The van der Waals surface area contributed by atoms with Crippen LogP contribution in [-0.4, -0.2) is 55.3 Å². The second-order valence-electron chi connectivity index (χ2n) is 6.94. The molecule has 3 aromatic rings. The van der Waals surface area contributed by atoms with E-state index in [1.54, 1.807) is 18.1 Å². The van der Waals surface area contributed by atoms with Crippen LogP contribution in [0.5, 0.6) is 0 Å². The number of nitrogens with one attached hydrogen (secondary N) is 1. The van der Waals surface area contributed by atoms with Crippen LogP contribution in [0.3, 0.4) is 0 Å². The minimum atomic E-state index is -0.0969. The topological polar surface area (TPSA) is 71.6 Å². The smallest absolute Gasteiger partial charge is 0.255 e. The maximum atomic E-state index is 12.7. The molecule has 1 N–H and O–H groups in total. The predicted molar refractivity (Wildman–Crippen MR) is 108 cm³/mol. The van der Waals surface area contributed by atoms with Crippen molar-refractivity contribution in [2.24, 2.45) is 0 Å². The highest BCUT2D eigenvalue weighted by molar-refractivity contribution is 5.95. The standard InChI is InChI=1S/C22H22N2O4/c1-24(13-19-14-27-10-11-28-19)22(26)16-4-2-15(3-5-16)17-6-7-20-18(12-17)8-9-23-21(20)25/h2-9,12,19H,10-11,13-14H2,1H3,(H,23,25)/t19-/m0/s1. The third-order valence-electron chi connectivity index (χ3n) is 4.95. The van der Waals surface area contributed by atoms with Crippen LogP contribution in [0, 0.1) is 0 Å².